The van der Waals surface area contributed by atoms with Gasteiger partial charge < -0.3 is 9.73 Å². The summed E-state index contributed by atoms with van der Waals surface area (Å²) in [6.07, 6.45) is 0.410. The van der Waals surface area contributed by atoms with Crippen LogP contribution in [-0.2, 0) is 9.84 Å². The average Bonchev–Trinajstić information content (AvgIpc) is 3.07. The average molecular weight is 307 g/mol. The molecular formula is C13H13N3O4S. The molecule has 1 aromatic carbocycles. The number of nitrogens with one attached hydrogen (secondary N) is 1. The van der Waals surface area contributed by atoms with Crippen molar-refractivity contribution < 1.29 is 17.6 Å². The lowest BCUT2D eigenvalue weighted by Gasteiger charge is -2.07. The van der Waals surface area contributed by atoms with Crippen LogP contribution in [-0.4, -0.2) is 42.1 Å². The highest BCUT2D eigenvalue weighted by Gasteiger charge is 2.30. The van der Waals surface area contributed by atoms with Crippen LogP contribution < -0.4 is 5.32 Å². The molecule has 8 heteroatoms. The van der Waals surface area contributed by atoms with Crippen molar-refractivity contribution in [2.75, 3.05) is 11.5 Å². The predicted molar refractivity (Wildman–Crippen MR) is 74.3 cm³/mol. The largest absolute Gasteiger partial charge is 0.412 e. The van der Waals surface area contributed by atoms with Gasteiger partial charge in [-0.3, -0.25) is 4.79 Å². The number of hydrogen-bond donors (Lipinski definition) is 1. The van der Waals surface area contributed by atoms with Crippen LogP contribution in [0.15, 0.2) is 34.7 Å². The highest BCUT2D eigenvalue weighted by molar-refractivity contribution is 7.91. The van der Waals surface area contributed by atoms with Crippen molar-refractivity contribution in [3.8, 4) is 11.5 Å². The van der Waals surface area contributed by atoms with Crippen LogP contribution in [0, 0.1) is 0 Å². The lowest BCUT2D eigenvalue weighted by Crippen LogP contribution is -2.35. The summed E-state index contributed by atoms with van der Waals surface area (Å²) in [5.41, 5.74) is 0.715. The van der Waals surface area contributed by atoms with Crippen molar-refractivity contribution >= 4 is 15.7 Å². The van der Waals surface area contributed by atoms with E-state index in [4.69, 9.17) is 4.42 Å². The zero-order valence-corrected chi connectivity index (χ0v) is 11.8. The Bertz CT molecular complexity index is 755. The van der Waals surface area contributed by atoms with E-state index in [1.807, 2.05) is 18.2 Å². The molecule has 1 atom stereocenters. The normalized spacial score (nSPS) is 20.3. The molecule has 1 fully saturated rings. The molecule has 0 radical (unpaired) electrons. The third-order valence-corrected chi connectivity index (χ3v) is 4.98. The molecule has 0 saturated carbocycles. The molecule has 1 aromatic heterocycles. The quantitative estimate of drug-likeness (QED) is 0.893. The fourth-order valence-corrected chi connectivity index (χ4v) is 3.84. The molecule has 7 nitrogen and oxygen atoms in total. The fourth-order valence-electron chi connectivity index (χ4n) is 2.17. The van der Waals surface area contributed by atoms with Gasteiger partial charge in [0.05, 0.1) is 11.5 Å². The first-order chi connectivity index (χ1) is 10.0. The van der Waals surface area contributed by atoms with Gasteiger partial charge in [0, 0.05) is 11.6 Å². The second-order valence-electron chi connectivity index (χ2n) is 4.85. The number of nitrogens with zero attached hydrogens (tertiary/aromatic N) is 2. The van der Waals surface area contributed by atoms with Crippen molar-refractivity contribution in [1.29, 1.82) is 0 Å². The van der Waals surface area contributed by atoms with Crippen molar-refractivity contribution in [1.82, 2.24) is 15.5 Å². The van der Waals surface area contributed by atoms with E-state index in [0.29, 0.717) is 12.0 Å². The number of sulfone groups is 1. The number of benzene rings is 1. The second kappa shape index (κ2) is 5.28. The van der Waals surface area contributed by atoms with E-state index in [9.17, 15) is 13.2 Å². The maximum atomic E-state index is 12.0. The predicted octanol–water partition coefficient (Wildman–Crippen LogP) is 0.653. The van der Waals surface area contributed by atoms with Gasteiger partial charge in [0.1, 0.15) is 0 Å². The van der Waals surface area contributed by atoms with E-state index >= 15 is 0 Å². The minimum atomic E-state index is -3.04. The zero-order valence-electron chi connectivity index (χ0n) is 11.0. The summed E-state index contributed by atoms with van der Waals surface area (Å²) < 4.78 is 28.0. The Balaban J connectivity index is 1.70. The van der Waals surface area contributed by atoms with Gasteiger partial charge in [0.15, 0.2) is 9.84 Å². The number of aromatic nitrogens is 2. The van der Waals surface area contributed by atoms with Crippen LogP contribution in [0.4, 0.5) is 0 Å². The maximum absolute atomic E-state index is 12.0. The number of hydrogen-bond acceptors (Lipinski definition) is 6. The summed E-state index contributed by atoms with van der Waals surface area (Å²) in [6.45, 7) is 0. The SMILES string of the molecule is O=C(NC1CCS(=O)(=O)C1)c1nnc(-c2ccccc2)o1. The Labute approximate surface area is 121 Å². The first-order valence-electron chi connectivity index (χ1n) is 6.44. The molecule has 1 unspecified atom stereocenters. The minimum Gasteiger partial charge on any atom is -0.412 e. The Kier molecular flexibility index (Phi) is 3.46. The Morgan fingerprint density at radius 3 is 2.67 bits per heavy atom. The van der Waals surface area contributed by atoms with Crippen molar-refractivity contribution in [3.63, 3.8) is 0 Å². The standard InChI is InChI=1S/C13H13N3O4S/c17-11(14-10-6-7-21(18,19)8-10)13-16-15-12(20-13)9-4-2-1-3-5-9/h1-5,10H,6-8H2,(H,14,17). The van der Waals surface area contributed by atoms with Crippen LogP contribution in [0.25, 0.3) is 11.5 Å². The highest BCUT2D eigenvalue weighted by Crippen LogP contribution is 2.17. The number of amides is 1. The highest BCUT2D eigenvalue weighted by atomic mass is 32.2. The molecule has 1 aliphatic heterocycles. The van der Waals surface area contributed by atoms with E-state index < -0.39 is 21.8 Å². The fraction of sp³-hybridized carbons (Fsp3) is 0.308. The van der Waals surface area contributed by atoms with Crippen molar-refractivity contribution in [2.45, 2.75) is 12.5 Å². The van der Waals surface area contributed by atoms with E-state index in [-0.39, 0.29) is 23.3 Å². The van der Waals surface area contributed by atoms with E-state index in [1.54, 1.807) is 12.1 Å². The van der Waals surface area contributed by atoms with Crippen molar-refractivity contribution in [3.05, 3.63) is 36.2 Å². The van der Waals surface area contributed by atoms with Crippen LogP contribution in [0.3, 0.4) is 0 Å². The van der Waals surface area contributed by atoms with Crippen LogP contribution >= 0.6 is 0 Å². The van der Waals surface area contributed by atoms with Crippen LogP contribution in [0.2, 0.25) is 0 Å². The number of carbonyl (C=O) groups is 1. The topological polar surface area (TPSA) is 102 Å². The van der Waals surface area contributed by atoms with E-state index in [0.717, 1.165) is 0 Å². The van der Waals surface area contributed by atoms with Crippen molar-refractivity contribution in [2.24, 2.45) is 0 Å². The minimum absolute atomic E-state index is 0.0432. The van der Waals surface area contributed by atoms with Gasteiger partial charge >= 0.3 is 11.8 Å². The van der Waals surface area contributed by atoms with Gasteiger partial charge in [-0.05, 0) is 18.6 Å². The zero-order chi connectivity index (χ0) is 14.9. The van der Waals surface area contributed by atoms with Crippen LogP contribution in [0.1, 0.15) is 17.1 Å². The smallest absolute Gasteiger partial charge is 0.309 e. The van der Waals surface area contributed by atoms with Gasteiger partial charge in [-0.1, -0.05) is 18.2 Å². The molecule has 2 heterocycles. The van der Waals surface area contributed by atoms with Gasteiger partial charge in [-0.15, -0.1) is 10.2 Å². The lowest BCUT2D eigenvalue weighted by molar-refractivity contribution is 0.0907. The number of carbonyl (C=O) groups excluding carboxylic acids is 1. The maximum Gasteiger partial charge on any atom is 0.309 e. The molecule has 1 amide bonds. The molecule has 110 valence electrons. The third-order valence-electron chi connectivity index (χ3n) is 3.21. The van der Waals surface area contributed by atoms with E-state index in [1.165, 1.54) is 0 Å². The summed E-state index contributed by atoms with van der Waals surface area (Å²) >= 11 is 0. The molecular weight excluding hydrogens is 294 g/mol. The van der Waals surface area contributed by atoms with E-state index in [2.05, 4.69) is 15.5 Å². The third kappa shape index (κ3) is 3.10. The summed E-state index contributed by atoms with van der Waals surface area (Å²) in [4.78, 5) is 12.0. The molecule has 0 bridgehead atoms. The van der Waals surface area contributed by atoms with Gasteiger partial charge in [0.2, 0.25) is 5.89 Å². The Hall–Kier alpha value is -2.22. The summed E-state index contributed by atoms with van der Waals surface area (Å²) in [5.74, 6) is -0.417. The molecule has 0 aliphatic carbocycles. The lowest BCUT2D eigenvalue weighted by atomic mass is 10.2. The molecule has 1 N–H and O–H groups in total. The number of rotatable bonds is 3. The Morgan fingerprint density at radius 2 is 2.00 bits per heavy atom. The summed E-state index contributed by atoms with van der Waals surface area (Å²) in [5, 5.41) is 10.1. The second-order valence-corrected chi connectivity index (χ2v) is 7.08. The monoisotopic (exact) mass is 307 g/mol. The Morgan fingerprint density at radius 1 is 1.24 bits per heavy atom. The van der Waals surface area contributed by atoms with Gasteiger partial charge in [-0.2, -0.15) is 0 Å². The molecule has 1 saturated heterocycles. The molecule has 0 spiro atoms. The molecule has 1 aliphatic rings. The summed E-state index contributed by atoms with van der Waals surface area (Å²) in [6, 6.07) is 8.69. The van der Waals surface area contributed by atoms with Crippen LogP contribution in [0.5, 0.6) is 0 Å². The molecule has 2 aromatic rings. The van der Waals surface area contributed by atoms with Gasteiger partial charge in [0.25, 0.3) is 0 Å². The first-order valence-corrected chi connectivity index (χ1v) is 8.26. The molecule has 21 heavy (non-hydrogen) atoms. The first kappa shape index (κ1) is 13.7. The van der Waals surface area contributed by atoms with Gasteiger partial charge in [-0.25, -0.2) is 8.42 Å². The molecule has 3 rings (SSSR count). The summed E-state index contributed by atoms with van der Waals surface area (Å²) in [7, 11) is -3.04.